The Balaban J connectivity index is 1.68. The van der Waals surface area contributed by atoms with Gasteiger partial charge in [-0.15, -0.1) is 11.3 Å². The number of thiophene rings is 1. The van der Waals surface area contributed by atoms with Gasteiger partial charge in [0.15, 0.2) is 0 Å². The number of hydrogen-bond donors (Lipinski definition) is 0. The SMILES string of the molecule is C[C@H]1CCc2ccccc2N1C(=O)Cn1cnc2sccc2c1=O. The molecule has 1 amide bonds. The van der Waals surface area contributed by atoms with Crippen LogP contribution in [0.2, 0.25) is 0 Å². The quantitative estimate of drug-likeness (QED) is 0.721. The third kappa shape index (κ3) is 2.43. The maximum atomic E-state index is 12.9. The second-order valence-electron chi connectivity index (χ2n) is 6.10. The lowest BCUT2D eigenvalue weighted by Gasteiger charge is -2.35. The van der Waals surface area contributed by atoms with E-state index in [4.69, 9.17) is 0 Å². The van der Waals surface area contributed by atoms with Gasteiger partial charge in [0.2, 0.25) is 5.91 Å². The zero-order valence-electron chi connectivity index (χ0n) is 13.3. The molecule has 1 aliphatic heterocycles. The van der Waals surface area contributed by atoms with E-state index in [1.54, 1.807) is 6.07 Å². The standard InChI is InChI=1S/C18H17N3O2S/c1-12-6-7-13-4-2-3-5-15(13)21(12)16(22)10-20-11-19-17-14(18(20)23)8-9-24-17/h2-5,8-9,11-12H,6-7,10H2,1H3/t12-/m0/s1. The topological polar surface area (TPSA) is 55.2 Å². The van der Waals surface area contributed by atoms with E-state index in [1.165, 1.54) is 27.8 Å². The number of benzene rings is 1. The van der Waals surface area contributed by atoms with Crippen molar-refractivity contribution < 1.29 is 4.79 Å². The molecule has 0 saturated carbocycles. The first-order chi connectivity index (χ1) is 11.6. The van der Waals surface area contributed by atoms with Crippen molar-refractivity contribution in [2.24, 2.45) is 0 Å². The second-order valence-corrected chi connectivity index (χ2v) is 6.99. The Morgan fingerprint density at radius 1 is 1.33 bits per heavy atom. The van der Waals surface area contributed by atoms with Gasteiger partial charge >= 0.3 is 0 Å². The number of nitrogens with zero attached hydrogens (tertiary/aromatic N) is 3. The molecular formula is C18H17N3O2S. The van der Waals surface area contributed by atoms with Crippen LogP contribution in [0.15, 0.2) is 46.8 Å². The number of carbonyl (C=O) groups excluding carboxylic acids is 1. The van der Waals surface area contributed by atoms with Crippen LogP contribution in [-0.2, 0) is 17.8 Å². The molecule has 1 aromatic carbocycles. The molecule has 0 fully saturated rings. The largest absolute Gasteiger partial charge is 0.308 e. The van der Waals surface area contributed by atoms with Crippen molar-refractivity contribution in [1.29, 1.82) is 0 Å². The van der Waals surface area contributed by atoms with E-state index in [-0.39, 0.29) is 24.1 Å². The number of fused-ring (bicyclic) bond motifs is 2. The molecule has 0 saturated heterocycles. The molecule has 0 N–H and O–H groups in total. The van der Waals surface area contributed by atoms with Gasteiger partial charge in [-0.3, -0.25) is 14.2 Å². The number of carbonyl (C=O) groups is 1. The predicted octanol–water partition coefficient (Wildman–Crippen LogP) is 2.83. The van der Waals surface area contributed by atoms with Gasteiger partial charge in [0.1, 0.15) is 11.4 Å². The molecule has 0 radical (unpaired) electrons. The first-order valence-corrected chi connectivity index (χ1v) is 8.86. The summed E-state index contributed by atoms with van der Waals surface area (Å²) in [6, 6.07) is 9.87. The Morgan fingerprint density at radius 3 is 3.04 bits per heavy atom. The normalized spacial score (nSPS) is 17.0. The van der Waals surface area contributed by atoms with Crippen LogP contribution in [0, 0.1) is 0 Å². The third-order valence-corrected chi connectivity index (χ3v) is 5.37. The van der Waals surface area contributed by atoms with Crippen LogP contribution in [0.5, 0.6) is 0 Å². The average molecular weight is 339 g/mol. The van der Waals surface area contributed by atoms with Gasteiger partial charge in [0, 0.05) is 11.7 Å². The average Bonchev–Trinajstić information content (AvgIpc) is 3.06. The predicted molar refractivity (Wildman–Crippen MR) is 95.6 cm³/mol. The van der Waals surface area contributed by atoms with E-state index in [0.29, 0.717) is 10.2 Å². The van der Waals surface area contributed by atoms with E-state index < -0.39 is 0 Å². The highest BCUT2D eigenvalue weighted by Crippen LogP contribution is 2.30. The zero-order chi connectivity index (χ0) is 16.7. The van der Waals surface area contributed by atoms with E-state index in [9.17, 15) is 9.59 Å². The molecule has 5 nitrogen and oxygen atoms in total. The zero-order valence-corrected chi connectivity index (χ0v) is 14.1. The molecule has 0 aliphatic carbocycles. The highest BCUT2D eigenvalue weighted by atomic mass is 32.1. The molecule has 4 rings (SSSR count). The number of aryl methyl sites for hydroxylation is 1. The fourth-order valence-corrected chi connectivity index (χ4v) is 4.02. The van der Waals surface area contributed by atoms with Gasteiger partial charge < -0.3 is 4.90 Å². The molecule has 1 aliphatic rings. The fourth-order valence-electron chi connectivity index (χ4n) is 3.30. The number of amides is 1. The molecule has 24 heavy (non-hydrogen) atoms. The van der Waals surface area contributed by atoms with Crippen molar-refractivity contribution >= 4 is 33.1 Å². The minimum Gasteiger partial charge on any atom is -0.308 e. The molecule has 3 heterocycles. The molecular weight excluding hydrogens is 322 g/mol. The van der Waals surface area contributed by atoms with Gasteiger partial charge in [-0.1, -0.05) is 18.2 Å². The summed E-state index contributed by atoms with van der Waals surface area (Å²) in [6.07, 6.45) is 3.38. The number of para-hydroxylation sites is 1. The van der Waals surface area contributed by atoms with Crippen LogP contribution in [0.3, 0.4) is 0 Å². The summed E-state index contributed by atoms with van der Waals surface area (Å²) < 4.78 is 1.40. The Kier molecular flexibility index (Phi) is 3.69. The molecule has 122 valence electrons. The number of hydrogen-bond acceptors (Lipinski definition) is 4. The van der Waals surface area contributed by atoms with Gasteiger partial charge in [-0.2, -0.15) is 0 Å². The smallest absolute Gasteiger partial charge is 0.262 e. The first kappa shape index (κ1) is 15.1. The van der Waals surface area contributed by atoms with Crippen molar-refractivity contribution in [3.05, 3.63) is 58.0 Å². The van der Waals surface area contributed by atoms with Crippen LogP contribution in [0.4, 0.5) is 5.69 Å². The molecule has 6 heteroatoms. The fraction of sp³-hybridized carbons (Fsp3) is 0.278. The highest BCUT2D eigenvalue weighted by molar-refractivity contribution is 7.16. The summed E-state index contributed by atoms with van der Waals surface area (Å²) in [5, 5.41) is 2.41. The van der Waals surface area contributed by atoms with Gasteiger partial charge in [-0.25, -0.2) is 4.98 Å². The van der Waals surface area contributed by atoms with E-state index >= 15 is 0 Å². The summed E-state index contributed by atoms with van der Waals surface area (Å²) in [5.41, 5.74) is 1.98. The van der Waals surface area contributed by atoms with E-state index in [0.717, 1.165) is 18.5 Å². The molecule has 0 unspecified atom stereocenters. The Hall–Kier alpha value is -2.47. The maximum Gasteiger partial charge on any atom is 0.262 e. The summed E-state index contributed by atoms with van der Waals surface area (Å²) in [4.78, 5) is 32.2. The molecule has 1 atom stereocenters. The summed E-state index contributed by atoms with van der Waals surface area (Å²) in [5.74, 6) is -0.0758. The van der Waals surface area contributed by atoms with E-state index in [1.807, 2.05) is 28.5 Å². The Labute approximate surface area is 143 Å². The lowest BCUT2D eigenvalue weighted by Crippen LogP contribution is -2.44. The summed E-state index contributed by atoms with van der Waals surface area (Å²) >= 11 is 1.43. The van der Waals surface area contributed by atoms with Gasteiger partial charge in [-0.05, 0) is 42.8 Å². The summed E-state index contributed by atoms with van der Waals surface area (Å²) in [7, 11) is 0. The highest BCUT2D eigenvalue weighted by Gasteiger charge is 2.28. The lowest BCUT2D eigenvalue weighted by molar-refractivity contribution is -0.119. The van der Waals surface area contributed by atoms with Gasteiger partial charge in [0.05, 0.1) is 11.7 Å². The van der Waals surface area contributed by atoms with E-state index in [2.05, 4.69) is 18.0 Å². The Morgan fingerprint density at radius 2 is 2.17 bits per heavy atom. The minimum atomic E-state index is -0.160. The van der Waals surface area contributed by atoms with Crippen LogP contribution in [-0.4, -0.2) is 21.5 Å². The molecule has 2 aromatic heterocycles. The van der Waals surface area contributed by atoms with Crippen LogP contribution >= 0.6 is 11.3 Å². The monoisotopic (exact) mass is 339 g/mol. The van der Waals surface area contributed by atoms with Crippen LogP contribution < -0.4 is 10.5 Å². The third-order valence-electron chi connectivity index (χ3n) is 4.55. The van der Waals surface area contributed by atoms with Crippen molar-refractivity contribution in [2.45, 2.75) is 32.4 Å². The Bertz CT molecular complexity index is 976. The lowest BCUT2D eigenvalue weighted by atomic mass is 9.96. The number of anilines is 1. The van der Waals surface area contributed by atoms with Crippen molar-refractivity contribution in [2.75, 3.05) is 4.90 Å². The number of aromatic nitrogens is 2. The van der Waals surface area contributed by atoms with Crippen LogP contribution in [0.25, 0.3) is 10.2 Å². The maximum absolute atomic E-state index is 12.9. The molecule has 0 bridgehead atoms. The minimum absolute atomic E-state index is 0.0102. The van der Waals surface area contributed by atoms with Crippen LogP contribution in [0.1, 0.15) is 18.9 Å². The van der Waals surface area contributed by atoms with Gasteiger partial charge in [0.25, 0.3) is 5.56 Å². The summed E-state index contributed by atoms with van der Waals surface area (Å²) in [6.45, 7) is 2.06. The second kappa shape index (κ2) is 5.87. The van der Waals surface area contributed by atoms with Crippen molar-refractivity contribution in [3.63, 3.8) is 0 Å². The molecule has 0 spiro atoms. The number of rotatable bonds is 2. The van der Waals surface area contributed by atoms with Crippen molar-refractivity contribution in [3.8, 4) is 0 Å². The molecule has 3 aromatic rings. The first-order valence-electron chi connectivity index (χ1n) is 7.98. The van der Waals surface area contributed by atoms with Crippen molar-refractivity contribution in [1.82, 2.24) is 9.55 Å².